The summed E-state index contributed by atoms with van der Waals surface area (Å²) in [4.78, 5) is 11.4. The monoisotopic (exact) mass is 305 g/mol. The van der Waals surface area contributed by atoms with Crippen LogP contribution in [-0.2, 0) is 16.0 Å². The van der Waals surface area contributed by atoms with Gasteiger partial charge in [0.15, 0.2) is 0 Å². The summed E-state index contributed by atoms with van der Waals surface area (Å²) in [5, 5.41) is 0.642. The number of carbonyl (C=O) groups excluding carboxylic acids is 1. The summed E-state index contributed by atoms with van der Waals surface area (Å²) in [6.07, 6.45) is 0.344. The molecule has 0 fully saturated rings. The molecule has 5 heteroatoms. The molecule has 0 amide bonds. The van der Waals surface area contributed by atoms with E-state index in [4.69, 9.17) is 22.1 Å². The SMILES string of the molecule is COC(=O)C(N)Cc1ccccc1Oc1ccc(Cl)cc1. The van der Waals surface area contributed by atoms with Gasteiger partial charge in [-0.05, 0) is 35.9 Å². The molecule has 2 N–H and O–H groups in total. The van der Waals surface area contributed by atoms with Gasteiger partial charge >= 0.3 is 5.97 Å². The number of para-hydroxylation sites is 1. The van der Waals surface area contributed by atoms with Gasteiger partial charge in [-0.2, -0.15) is 0 Å². The Morgan fingerprint density at radius 3 is 2.52 bits per heavy atom. The van der Waals surface area contributed by atoms with Gasteiger partial charge in [-0.3, -0.25) is 4.79 Å². The van der Waals surface area contributed by atoms with Crippen LogP contribution in [0, 0.1) is 0 Å². The summed E-state index contributed by atoms with van der Waals surface area (Å²) in [6, 6.07) is 13.8. The van der Waals surface area contributed by atoms with Crippen molar-refractivity contribution in [3.63, 3.8) is 0 Å². The lowest BCUT2D eigenvalue weighted by Gasteiger charge is -2.14. The Morgan fingerprint density at radius 2 is 1.86 bits per heavy atom. The van der Waals surface area contributed by atoms with Crippen LogP contribution in [0.15, 0.2) is 48.5 Å². The lowest BCUT2D eigenvalue weighted by atomic mass is 10.1. The maximum Gasteiger partial charge on any atom is 0.322 e. The number of halogens is 1. The molecule has 0 aliphatic rings. The van der Waals surface area contributed by atoms with Crippen molar-refractivity contribution in [1.29, 1.82) is 0 Å². The molecule has 0 bridgehead atoms. The number of nitrogens with two attached hydrogens (primary N) is 1. The Bertz CT molecular complexity index is 613. The van der Waals surface area contributed by atoms with Crippen molar-refractivity contribution in [3.05, 3.63) is 59.1 Å². The van der Waals surface area contributed by atoms with E-state index in [9.17, 15) is 4.79 Å². The number of carbonyl (C=O) groups is 1. The van der Waals surface area contributed by atoms with Crippen molar-refractivity contribution in [3.8, 4) is 11.5 Å². The summed E-state index contributed by atoms with van der Waals surface area (Å²) in [7, 11) is 1.32. The van der Waals surface area contributed by atoms with Crippen LogP contribution in [0.25, 0.3) is 0 Å². The van der Waals surface area contributed by atoms with Crippen molar-refractivity contribution >= 4 is 17.6 Å². The second-order valence-electron chi connectivity index (χ2n) is 4.50. The maximum absolute atomic E-state index is 11.4. The van der Waals surface area contributed by atoms with Gasteiger partial charge in [0.2, 0.25) is 0 Å². The zero-order valence-corrected chi connectivity index (χ0v) is 12.3. The van der Waals surface area contributed by atoms with Gasteiger partial charge in [0.05, 0.1) is 7.11 Å². The second-order valence-corrected chi connectivity index (χ2v) is 4.93. The molecule has 21 heavy (non-hydrogen) atoms. The van der Waals surface area contributed by atoms with Gasteiger partial charge in [0, 0.05) is 11.4 Å². The normalized spacial score (nSPS) is 11.8. The Balaban J connectivity index is 2.16. The molecule has 2 rings (SSSR count). The Hall–Kier alpha value is -2.04. The number of rotatable bonds is 5. The molecule has 0 aliphatic heterocycles. The summed E-state index contributed by atoms with van der Waals surface area (Å²) in [5.74, 6) is 0.869. The predicted molar refractivity (Wildman–Crippen MR) is 81.7 cm³/mol. The van der Waals surface area contributed by atoms with Gasteiger partial charge in [0.25, 0.3) is 0 Å². The molecule has 1 atom stereocenters. The third kappa shape index (κ3) is 4.21. The van der Waals surface area contributed by atoms with Crippen molar-refractivity contribution in [2.75, 3.05) is 7.11 Å². The lowest BCUT2D eigenvalue weighted by Crippen LogP contribution is -2.33. The number of methoxy groups -OCH3 is 1. The van der Waals surface area contributed by atoms with Gasteiger partial charge in [-0.1, -0.05) is 29.8 Å². The first-order valence-corrected chi connectivity index (χ1v) is 6.82. The molecule has 1 unspecified atom stereocenters. The number of ether oxygens (including phenoxy) is 2. The van der Waals surface area contributed by atoms with Crippen LogP contribution in [0.1, 0.15) is 5.56 Å². The van der Waals surface area contributed by atoms with E-state index in [1.807, 2.05) is 24.3 Å². The third-order valence-electron chi connectivity index (χ3n) is 2.96. The van der Waals surface area contributed by atoms with E-state index in [2.05, 4.69) is 4.74 Å². The highest BCUT2D eigenvalue weighted by molar-refractivity contribution is 6.30. The Morgan fingerprint density at radius 1 is 1.19 bits per heavy atom. The molecule has 0 saturated heterocycles. The molecule has 2 aromatic carbocycles. The van der Waals surface area contributed by atoms with Crippen LogP contribution in [0.2, 0.25) is 5.02 Å². The van der Waals surface area contributed by atoms with Crippen molar-refractivity contribution in [2.24, 2.45) is 5.73 Å². The van der Waals surface area contributed by atoms with E-state index in [1.54, 1.807) is 24.3 Å². The number of hydrogen-bond donors (Lipinski definition) is 1. The molecule has 2 aromatic rings. The quantitative estimate of drug-likeness (QED) is 0.862. The van der Waals surface area contributed by atoms with E-state index >= 15 is 0 Å². The molecule has 0 saturated carbocycles. The third-order valence-corrected chi connectivity index (χ3v) is 3.21. The van der Waals surface area contributed by atoms with Crippen molar-refractivity contribution in [1.82, 2.24) is 0 Å². The molecule has 4 nitrogen and oxygen atoms in total. The highest BCUT2D eigenvalue weighted by Gasteiger charge is 2.16. The van der Waals surface area contributed by atoms with Crippen molar-refractivity contribution in [2.45, 2.75) is 12.5 Å². The first kappa shape index (κ1) is 15.4. The van der Waals surface area contributed by atoms with Crippen LogP contribution >= 0.6 is 11.6 Å². The fourth-order valence-corrected chi connectivity index (χ4v) is 2.00. The summed E-state index contributed by atoms with van der Waals surface area (Å²) >= 11 is 5.84. The highest BCUT2D eigenvalue weighted by Crippen LogP contribution is 2.27. The van der Waals surface area contributed by atoms with E-state index in [-0.39, 0.29) is 0 Å². The Kier molecular flexibility index (Phi) is 5.20. The van der Waals surface area contributed by atoms with Crippen LogP contribution in [0.5, 0.6) is 11.5 Å². The lowest BCUT2D eigenvalue weighted by molar-refractivity contribution is -0.142. The van der Waals surface area contributed by atoms with E-state index < -0.39 is 12.0 Å². The van der Waals surface area contributed by atoms with E-state index in [0.717, 1.165) is 5.56 Å². The van der Waals surface area contributed by atoms with Crippen LogP contribution in [0.4, 0.5) is 0 Å². The smallest absolute Gasteiger partial charge is 0.322 e. The number of benzene rings is 2. The molecule has 0 heterocycles. The van der Waals surface area contributed by atoms with E-state index in [1.165, 1.54) is 7.11 Å². The van der Waals surface area contributed by atoms with Gasteiger partial charge in [-0.15, -0.1) is 0 Å². The van der Waals surface area contributed by atoms with Crippen LogP contribution in [-0.4, -0.2) is 19.1 Å². The average Bonchev–Trinajstić information content (AvgIpc) is 2.50. The second kappa shape index (κ2) is 7.11. The molecule has 0 spiro atoms. The van der Waals surface area contributed by atoms with Crippen LogP contribution in [0.3, 0.4) is 0 Å². The standard InChI is InChI=1S/C16H16ClNO3/c1-20-16(19)14(18)10-11-4-2-3-5-15(11)21-13-8-6-12(17)7-9-13/h2-9,14H,10,18H2,1H3. The van der Waals surface area contributed by atoms with Crippen molar-refractivity contribution < 1.29 is 14.3 Å². The minimum Gasteiger partial charge on any atom is -0.468 e. The molecular formula is C16H16ClNO3. The number of esters is 1. The highest BCUT2D eigenvalue weighted by atomic mass is 35.5. The molecule has 0 radical (unpaired) electrons. The average molecular weight is 306 g/mol. The fourth-order valence-electron chi connectivity index (χ4n) is 1.87. The van der Waals surface area contributed by atoms with Gasteiger partial charge in [0.1, 0.15) is 17.5 Å². The summed E-state index contributed by atoms with van der Waals surface area (Å²) < 4.78 is 10.4. The van der Waals surface area contributed by atoms with E-state index in [0.29, 0.717) is 22.9 Å². The molecular weight excluding hydrogens is 290 g/mol. The van der Waals surface area contributed by atoms with Crippen LogP contribution < -0.4 is 10.5 Å². The summed E-state index contributed by atoms with van der Waals surface area (Å²) in [5.41, 5.74) is 6.63. The van der Waals surface area contributed by atoms with Gasteiger partial charge < -0.3 is 15.2 Å². The largest absolute Gasteiger partial charge is 0.468 e. The summed E-state index contributed by atoms with van der Waals surface area (Å²) in [6.45, 7) is 0. The first-order valence-electron chi connectivity index (χ1n) is 6.45. The maximum atomic E-state index is 11.4. The Labute approximate surface area is 128 Å². The minimum absolute atomic E-state index is 0.344. The first-order chi connectivity index (χ1) is 10.1. The van der Waals surface area contributed by atoms with Gasteiger partial charge in [-0.25, -0.2) is 0 Å². The zero-order valence-electron chi connectivity index (χ0n) is 11.6. The topological polar surface area (TPSA) is 61.5 Å². The fraction of sp³-hybridized carbons (Fsp3) is 0.188. The number of hydrogen-bond acceptors (Lipinski definition) is 4. The zero-order chi connectivity index (χ0) is 15.2. The molecule has 0 aromatic heterocycles. The molecule has 110 valence electrons. The molecule has 0 aliphatic carbocycles. The predicted octanol–water partition coefficient (Wildman–Crippen LogP) is 3.18. The minimum atomic E-state index is -0.718.